The van der Waals surface area contributed by atoms with E-state index in [1.165, 1.54) is 56.9 Å². The lowest BCUT2D eigenvalue weighted by molar-refractivity contribution is 0.421. The largest absolute Gasteiger partial charge is 0.373 e. The molecule has 2 saturated carbocycles. The molecule has 118 valence electrons. The lowest BCUT2D eigenvalue weighted by Crippen LogP contribution is -2.23. The standard InChI is InChI=1S/C17H25N5/c1-18-16-10-15(20-13-8-3-2-4-9-13)21-17-14(11-19-22(16)17)12-6-5-7-12/h10-13,18H,2-9H2,1H3,(H,20,21). The normalized spacial score (nSPS) is 20.0. The van der Waals surface area contributed by atoms with Gasteiger partial charge in [-0.3, -0.25) is 0 Å². The Morgan fingerprint density at radius 2 is 1.91 bits per heavy atom. The van der Waals surface area contributed by atoms with Crippen LogP contribution >= 0.6 is 0 Å². The van der Waals surface area contributed by atoms with Crippen LogP contribution in [-0.2, 0) is 0 Å². The summed E-state index contributed by atoms with van der Waals surface area (Å²) in [5, 5.41) is 11.4. The summed E-state index contributed by atoms with van der Waals surface area (Å²) < 4.78 is 1.94. The van der Waals surface area contributed by atoms with Crippen LogP contribution in [-0.4, -0.2) is 27.7 Å². The van der Waals surface area contributed by atoms with Crippen molar-refractivity contribution in [3.63, 3.8) is 0 Å². The first kappa shape index (κ1) is 13.9. The van der Waals surface area contributed by atoms with Gasteiger partial charge in [-0.1, -0.05) is 25.7 Å². The predicted octanol–water partition coefficient (Wildman–Crippen LogP) is 3.78. The van der Waals surface area contributed by atoms with Gasteiger partial charge in [0.05, 0.1) is 6.20 Å². The fourth-order valence-corrected chi connectivity index (χ4v) is 3.70. The third kappa shape index (κ3) is 2.42. The summed E-state index contributed by atoms with van der Waals surface area (Å²) in [4.78, 5) is 4.89. The fraction of sp³-hybridized carbons (Fsp3) is 0.647. The first-order chi connectivity index (χ1) is 10.8. The average molecular weight is 299 g/mol. The van der Waals surface area contributed by atoms with Crippen LogP contribution in [0.15, 0.2) is 12.3 Å². The van der Waals surface area contributed by atoms with Crippen molar-refractivity contribution in [1.29, 1.82) is 0 Å². The highest BCUT2D eigenvalue weighted by Crippen LogP contribution is 2.38. The van der Waals surface area contributed by atoms with Crippen molar-refractivity contribution in [1.82, 2.24) is 14.6 Å². The van der Waals surface area contributed by atoms with E-state index in [0.29, 0.717) is 12.0 Å². The van der Waals surface area contributed by atoms with Crippen LogP contribution in [0.3, 0.4) is 0 Å². The SMILES string of the molecule is CNc1cc(NC2CCCCC2)nc2c(C3CCC3)cnn12. The molecule has 2 fully saturated rings. The highest BCUT2D eigenvalue weighted by molar-refractivity contribution is 5.61. The number of hydrogen-bond donors (Lipinski definition) is 2. The zero-order chi connectivity index (χ0) is 14.9. The molecule has 0 saturated heterocycles. The summed E-state index contributed by atoms with van der Waals surface area (Å²) in [6.07, 6.45) is 12.5. The molecule has 4 rings (SSSR count). The highest BCUT2D eigenvalue weighted by atomic mass is 15.3. The number of aromatic nitrogens is 3. The van der Waals surface area contributed by atoms with Crippen molar-refractivity contribution in [2.75, 3.05) is 17.7 Å². The van der Waals surface area contributed by atoms with Gasteiger partial charge >= 0.3 is 0 Å². The molecule has 0 unspecified atom stereocenters. The van der Waals surface area contributed by atoms with E-state index >= 15 is 0 Å². The molecule has 2 aliphatic carbocycles. The maximum atomic E-state index is 4.89. The zero-order valence-corrected chi connectivity index (χ0v) is 13.3. The Hall–Kier alpha value is -1.78. The van der Waals surface area contributed by atoms with E-state index in [0.717, 1.165) is 17.3 Å². The molecule has 2 aromatic rings. The van der Waals surface area contributed by atoms with Crippen LogP contribution in [0.2, 0.25) is 0 Å². The maximum absolute atomic E-state index is 4.89. The van der Waals surface area contributed by atoms with E-state index < -0.39 is 0 Å². The Balaban J connectivity index is 1.68. The van der Waals surface area contributed by atoms with Crippen molar-refractivity contribution < 1.29 is 0 Å². The second kappa shape index (κ2) is 5.78. The highest BCUT2D eigenvalue weighted by Gasteiger charge is 2.25. The molecule has 2 heterocycles. The van der Waals surface area contributed by atoms with Crippen molar-refractivity contribution >= 4 is 17.3 Å². The van der Waals surface area contributed by atoms with Crippen molar-refractivity contribution in [2.45, 2.75) is 63.3 Å². The first-order valence-corrected chi connectivity index (χ1v) is 8.68. The van der Waals surface area contributed by atoms with Gasteiger partial charge < -0.3 is 10.6 Å². The summed E-state index contributed by atoms with van der Waals surface area (Å²) >= 11 is 0. The molecule has 5 nitrogen and oxygen atoms in total. The van der Waals surface area contributed by atoms with E-state index in [2.05, 4.69) is 21.8 Å². The van der Waals surface area contributed by atoms with Gasteiger partial charge in [0.1, 0.15) is 11.6 Å². The number of nitrogens with zero attached hydrogens (tertiary/aromatic N) is 3. The van der Waals surface area contributed by atoms with Crippen LogP contribution in [0.4, 0.5) is 11.6 Å². The Bertz CT molecular complexity index is 652. The van der Waals surface area contributed by atoms with Gasteiger partial charge in [-0.25, -0.2) is 4.98 Å². The summed E-state index contributed by atoms with van der Waals surface area (Å²) in [7, 11) is 1.95. The molecule has 2 aromatic heterocycles. The maximum Gasteiger partial charge on any atom is 0.163 e. The third-order valence-corrected chi connectivity index (χ3v) is 5.26. The van der Waals surface area contributed by atoms with Crippen LogP contribution < -0.4 is 10.6 Å². The van der Waals surface area contributed by atoms with Gasteiger partial charge in [0, 0.05) is 24.7 Å². The Morgan fingerprint density at radius 3 is 2.59 bits per heavy atom. The summed E-state index contributed by atoms with van der Waals surface area (Å²) in [5.74, 6) is 2.65. The van der Waals surface area contributed by atoms with Gasteiger partial charge in [-0.2, -0.15) is 9.61 Å². The van der Waals surface area contributed by atoms with Gasteiger partial charge in [-0.05, 0) is 31.6 Å². The summed E-state index contributed by atoms with van der Waals surface area (Å²) in [6, 6.07) is 2.66. The third-order valence-electron chi connectivity index (χ3n) is 5.26. The van der Waals surface area contributed by atoms with E-state index in [1.807, 2.05) is 17.8 Å². The minimum absolute atomic E-state index is 0.573. The molecule has 0 aromatic carbocycles. The van der Waals surface area contributed by atoms with E-state index in [1.54, 1.807) is 0 Å². The molecular weight excluding hydrogens is 274 g/mol. The minimum atomic E-state index is 0.573. The first-order valence-electron chi connectivity index (χ1n) is 8.68. The second-order valence-corrected chi connectivity index (χ2v) is 6.72. The van der Waals surface area contributed by atoms with Gasteiger partial charge in [0.2, 0.25) is 0 Å². The van der Waals surface area contributed by atoms with Crippen molar-refractivity contribution in [3.05, 3.63) is 17.8 Å². The van der Waals surface area contributed by atoms with Crippen molar-refractivity contribution in [2.24, 2.45) is 0 Å². The van der Waals surface area contributed by atoms with Crippen molar-refractivity contribution in [3.8, 4) is 0 Å². The summed E-state index contributed by atoms with van der Waals surface area (Å²) in [5.41, 5.74) is 2.34. The monoisotopic (exact) mass is 299 g/mol. The van der Waals surface area contributed by atoms with Gasteiger partial charge in [0.25, 0.3) is 0 Å². The topological polar surface area (TPSA) is 54.2 Å². The molecule has 0 spiro atoms. The Kier molecular flexibility index (Phi) is 3.64. The zero-order valence-electron chi connectivity index (χ0n) is 13.3. The smallest absolute Gasteiger partial charge is 0.163 e. The average Bonchev–Trinajstić information content (AvgIpc) is 2.90. The Labute approximate surface area is 131 Å². The minimum Gasteiger partial charge on any atom is -0.373 e. The van der Waals surface area contributed by atoms with Crippen LogP contribution in [0.25, 0.3) is 5.65 Å². The van der Waals surface area contributed by atoms with E-state index in [-0.39, 0.29) is 0 Å². The van der Waals surface area contributed by atoms with Crippen LogP contribution in [0.5, 0.6) is 0 Å². The van der Waals surface area contributed by atoms with Gasteiger partial charge in [0.15, 0.2) is 5.65 Å². The molecule has 22 heavy (non-hydrogen) atoms. The molecule has 0 bridgehead atoms. The quantitative estimate of drug-likeness (QED) is 0.902. The van der Waals surface area contributed by atoms with Crippen LogP contribution in [0, 0.1) is 0 Å². The molecule has 0 radical (unpaired) electrons. The predicted molar refractivity (Wildman–Crippen MR) is 89.6 cm³/mol. The molecule has 0 atom stereocenters. The van der Waals surface area contributed by atoms with Crippen LogP contribution in [0.1, 0.15) is 62.8 Å². The Morgan fingerprint density at radius 1 is 1.09 bits per heavy atom. The number of rotatable bonds is 4. The molecule has 2 aliphatic rings. The summed E-state index contributed by atoms with van der Waals surface area (Å²) in [6.45, 7) is 0. The lowest BCUT2D eigenvalue weighted by atomic mass is 9.81. The number of fused-ring (bicyclic) bond motifs is 1. The van der Waals surface area contributed by atoms with Gasteiger partial charge in [-0.15, -0.1) is 0 Å². The van der Waals surface area contributed by atoms with E-state index in [9.17, 15) is 0 Å². The molecular formula is C17H25N5. The number of nitrogens with one attached hydrogen (secondary N) is 2. The molecule has 0 aliphatic heterocycles. The lowest BCUT2D eigenvalue weighted by Gasteiger charge is -2.25. The number of anilines is 2. The second-order valence-electron chi connectivity index (χ2n) is 6.72. The number of hydrogen-bond acceptors (Lipinski definition) is 4. The molecule has 2 N–H and O–H groups in total. The van der Waals surface area contributed by atoms with E-state index in [4.69, 9.17) is 4.98 Å². The fourth-order valence-electron chi connectivity index (χ4n) is 3.70. The molecule has 5 heteroatoms. The molecule has 0 amide bonds.